The maximum Gasteiger partial charge on any atom is 0.148 e. The minimum absolute atomic E-state index is 0.358. The van der Waals surface area contributed by atoms with Gasteiger partial charge in [0.05, 0.1) is 30.4 Å². The molecule has 1 aliphatic heterocycles. The lowest BCUT2D eigenvalue weighted by atomic mass is 10.0. The van der Waals surface area contributed by atoms with Crippen molar-refractivity contribution < 1.29 is 4.74 Å². The quantitative estimate of drug-likeness (QED) is 0.733. The highest BCUT2D eigenvalue weighted by Crippen LogP contribution is 2.35. The van der Waals surface area contributed by atoms with Gasteiger partial charge < -0.3 is 9.64 Å². The van der Waals surface area contributed by atoms with Crippen molar-refractivity contribution in [1.82, 2.24) is 9.97 Å². The highest BCUT2D eigenvalue weighted by Gasteiger charge is 2.27. The molecule has 0 spiro atoms. The number of aromatic nitrogens is 2. The van der Waals surface area contributed by atoms with Gasteiger partial charge in [0, 0.05) is 6.54 Å². The molecule has 1 aliphatic rings. The second kappa shape index (κ2) is 5.88. The molecule has 2 heterocycles. The van der Waals surface area contributed by atoms with E-state index in [1.54, 1.807) is 7.11 Å². The summed E-state index contributed by atoms with van der Waals surface area (Å²) in [7, 11) is 1.70. The van der Waals surface area contributed by atoms with Crippen LogP contribution in [0, 0.1) is 0 Å². The zero-order valence-electron chi connectivity index (χ0n) is 13.1. The van der Waals surface area contributed by atoms with Gasteiger partial charge in [-0.1, -0.05) is 24.3 Å². The van der Waals surface area contributed by atoms with Crippen LogP contribution >= 0.6 is 0 Å². The van der Waals surface area contributed by atoms with Crippen LogP contribution in [0.1, 0.15) is 24.4 Å². The van der Waals surface area contributed by atoms with Crippen molar-refractivity contribution in [2.75, 3.05) is 18.6 Å². The molecule has 2 aromatic carbocycles. The van der Waals surface area contributed by atoms with E-state index in [-0.39, 0.29) is 0 Å². The molecule has 116 valence electrons. The number of fused-ring (bicyclic) bond motifs is 1. The van der Waals surface area contributed by atoms with E-state index in [1.807, 2.05) is 42.6 Å². The number of para-hydroxylation sites is 2. The van der Waals surface area contributed by atoms with E-state index in [4.69, 9.17) is 9.72 Å². The Labute approximate surface area is 135 Å². The molecule has 4 rings (SSSR count). The summed E-state index contributed by atoms with van der Waals surface area (Å²) in [5.74, 6) is 1.85. The lowest BCUT2D eigenvalue weighted by Gasteiger charge is -2.26. The SMILES string of the molecule is COc1ccc([C@H]2CCCN2c2cnc3ccccc3n2)cc1. The van der Waals surface area contributed by atoms with Crippen molar-refractivity contribution in [3.63, 3.8) is 0 Å². The Morgan fingerprint density at radius 1 is 1.04 bits per heavy atom. The maximum atomic E-state index is 5.26. The number of methoxy groups -OCH3 is 1. The van der Waals surface area contributed by atoms with Gasteiger partial charge in [0.2, 0.25) is 0 Å². The Morgan fingerprint density at radius 3 is 2.61 bits per heavy atom. The average Bonchev–Trinajstić information content (AvgIpc) is 3.11. The van der Waals surface area contributed by atoms with Crippen LogP contribution < -0.4 is 9.64 Å². The van der Waals surface area contributed by atoms with Gasteiger partial charge in [0.15, 0.2) is 0 Å². The molecule has 0 radical (unpaired) electrons. The monoisotopic (exact) mass is 305 g/mol. The summed E-state index contributed by atoms with van der Waals surface area (Å²) in [5.41, 5.74) is 3.19. The Hall–Kier alpha value is -2.62. The molecule has 4 nitrogen and oxygen atoms in total. The Kier molecular flexibility index (Phi) is 3.58. The fraction of sp³-hybridized carbons (Fsp3) is 0.263. The van der Waals surface area contributed by atoms with Gasteiger partial charge in [-0.25, -0.2) is 4.98 Å². The van der Waals surface area contributed by atoms with Crippen molar-refractivity contribution in [3.8, 4) is 5.75 Å². The number of nitrogens with zero attached hydrogens (tertiary/aromatic N) is 3. The van der Waals surface area contributed by atoms with Gasteiger partial charge in [-0.2, -0.15) is 0 Å². The van der Waals surface area contributed by atoms with Crippen LogP contribution in [0.15, 0.2) is 54.7 Å². The van der Waals surface area contributed by atoms with Gasteiger partial charge in [-0.3, -0.25) is 4.98 Å². The predicted molar refractivity (Wildman–Crippen MR) is 91.9 cm³/mol. The summed E-state index contributed by atoms with van der Waals surface area (Å²) >= 11 is 0. The van der Waals surface area contributed by atoms with E-state index in [0.717, 1.165) is 35.6 Å². The molecule has 1 saturated heterocycles. The fourth-order valence-corrected chi connectivity index (χ4v) is 3.30. The molecule has 23 heavy (non-hydrogen) atoms. The second-order valence-corrected chi connectivity index (χ2v) is 5.84. The first-order valence-corrected chi connectivity index (χ1v) is 7.97. The minimum Gasteiger partial charge on any atom is -0.497 e. The van der Waals surface area contributed by atoms with Gasteiger partial charge in [-0.15, -0.1) is 0 Å². The third-order valence-corrected chi connectivity index (χ3v) is 4.48. The highest BCUT2D eigenvalue weighted by molar-refractivity contribution is 5.75. The zero-order chi connectivity index (χ0) is 15.6. The number of ether oxygens (including phenoxy) is 1. The molecule has 4 heteroatoms. The number of hydrogen-bond acceptors (Lipinski definition) is 4. The smallest absolute Gasteiger partial charge is 0.148 e. The number of anilines is 1. The van der Waals surface area contributed by atoms with E-state index in [9.17, 15) is 0 Å². The summed E-state index contributed by atoms with van der Waals surface area (Å²) in [5, 5.41) is 0. The van der Waals surface area contributed by atoms with Gasteiger partial charge >= 0.3 is 0 Å². The lowest BCUT2D eigenvalue weighted by molar-refractivity contribution is 0.414. The molecule has 1 fully saturated rings. The predicted octanol–water partition coefficient (Wildman–Crippen LogP) is 3.98. The molecular weight excluding hydrogens is 286 g/mol. The van der Waals surface area contributed by atoms with Crippen LogP contribution in [0.2, 0.25) is 0 Å². The summed E-state index contributed by atoms with van der Waals surface area (Å²) in [4.78, 5) is 11.7. The van der Waals surface area contributed by atoms with Crippen LogP contribution in [0.4, 0.5) is 5.82 Å². The second-order valence-electron chi connectivity index (χ2n) is 5.84. The minimum atomic E-state index is 0.358. The zero-order valence-corrected chi connectivity index (χ0v) is 13.1. The standard InChI is InChI=1S/C19H19N3O/c1-23-15-10-8-14(9-11-15)18-7-4-12-22(18)19-13-20-16-5-2-3-6-17(16)21-19/h2-3,5-6,8-11,13,18H,4,7,12H2,1H3/t18-/m1/s1. The fourth-order valence-electron chi connectivity index (χ4n) is 3.30. The van der Waals surface area contributed by atoms with E-state index < -0.39 is 0 Å². The molecule has 0 saturated carbocycles. The number of hydrogen-bond donors (Lipinski definition) is 0. The largest absolute Gasteiger partial charge is 0.497 e. The molecule has 1 atom stereocenters. The van der Waals surface area contributed by atoms with Crippen LogP contribution in [-0.4, -0.2) is 23.6 Å². The third-order valence-electron chi connectivity index (χ3n) is 4.48. The lowest BCUT2D eigenvalue weighted by Crippen LogP contribution is -2.23. The van der Waals surface area contributed by atoms with Crippen molar-refractivity contribution in [1.29, 1.82) is 0 Å². The van der Waals surface area contributed by atoms with Crippen LogP contribution in [-0.2, 0) is 0 Å². The van der Waals surface area contributed by atoms with Gasteiger partial charge in [0.1, 0.15) is 11.6 Å². The molecular formula is C19H19N3O. The average molecular weight is 305 g/mol. The van der Waals surface area contributed by atoms with Crippen LogP contribution in [0.25, 0.3) is 11.0 Å². The highest BCUT2D eigenvalue weighted by atomic mass is 16.5. The molecule has 0 unspecified atom stereocenters. The molecule has 0 aliphatic carbocycles. The van der Waals surface area contributed by atoms with Crippen LogP contribution in [0.5, 0.6) is 5.75 Å². The van der Waals surface area contributed by atoms with E-state index in [2.05, 4.69) is 22.0 Å². The first-order chi connectivity index (χ1) is 11.3. The Morgan fingerprint density at radius 2 is 1.83 bits per heavy atom. The summed E-state index contributed by atoms with van der Waals surface area (Å²) in [6.07, 6.45) is 4.20. The normalized spacial score (nSPS) is 17.6. The molecule has 0 N–H and O–H groups in total. The van der Waals surface area contributed by atoms with Gasteiger partial charge in [-0.05, 0) is 42.7 Å². The topological polar surface area (TPSA) is 38.2 Å². The van der Waals surface area contributed by atoms with Crippen molar-refractivity contribution >= 4 is 16.9 Å². The molecule has 0 bridgehead atoms. The first kappa shape index (κ1) is 14.0. The molecule has 0 amide bonds. The van der Waals surface area contributed by atoms with Crippen LogP contribution in [0.3, 0.4) is 0 Å². The maximum absolute atomic E-state index is 5.26. The Bertz CT molecular complexity index is 816. The van der Waals surface area contributed by atoms with E-state index >= 15 is 0 Å². The van der Waals surface area contributed by atoms with Gasteiger partial charge in [0.25, 0.3) is 0 Å². The molecule has 3 aromatic rings. The van der Waals surface area contributed by atoms with Crippen molar-refractivity contribution in [2.24, 2.45) is 0 Å². The van der Waals surface area contributed by atoms with E-state index in [1.165, 1.54) is 12.0 Å². The summed E-state index contributed by atoms with van der Waals surface area (Å²) in [6, 6.07) is 16.7. The summed E-state index contributed by atoms with van der Waals surface area (Å²) < 4.78 is 5.26. The first-order valence-electron chi connectivity index (χ1n) is 7.97. The number of rotatable bonds is 3. The third kappa shape index (κ3) is 2.61. The summed E-state index contributed by atoms with van der Waals surface area (Å²) in [6.45, 7) is 1.02. The number of benzene rings is 2. The Balaban J connectivity index is 1.67. The van der Waals surface area contributed by atoms with Crippen molar-refractivity contribution in [2.45, 2.75) is 18.9 Å². The van der Waals surface area contributed by atoms with E-state index in [0.29, 0.717) is 6.04 Å². The molecule has 1 aromatic heterocycles. The van der Waals surface area contributed by atoms with Crippen molar-refractivity contribution in [3.05, 3.63) is 60.3 Å².